The molecule has 1 aliphatic carbocycles. The number of nitrogens with one attached hydrogen (secondary N) is 4. The number of ketones is 1. The molecular formula is C40H38ClF2N7O3. The number of amides is 1. The number of aromatic nitrogens is 5. The predicted octanol–water partition coefficient (Wildman–Crippen LogP) is 7.69. The summed E-state index contributed by atoms with van der Waals surface area (Å²) in [7, 11) is 1.34. The molecule has 3 aromatic heterocycles. The van der Waals surface area contributed by atoms with Crippen molar-refractivity contribution < 1.29 is 23.1 Å². The lowest BCUT2D eigenvalue weighted by atomic mass is 9.79. The number of hydrogen-bond donors (Lipinski definition) is 4. The van der Waals surface area contributed by atoms with Crippen LogP contribution in [-0.2, 0) is 22.5 Å². The van der Waals surface area contributed by atoms with Crippen molar-refractivity contribution in [3.8, 4) is 33.6 Å². The molecule has 1 fully saturated rings. The van der Waals surface area contributed by atoms with Gasteiger partial charge < -0.3 is 29.9 Å². The smallest absolute Gasteiger partial charge is 0.407 e. The summed E-state index contributed by atoms with van der Waals surface area (Å²) in [6.07, 6.45) is 6.61. The minimum absolute atomic E-state index is 0. The molecule has 10 nitrogen and oxygen atoms in total. The molecule has 0 radical (unpaired) electrons. The lowest BCUT2D eigenvalue weighted by molar-refractivity contribution is -0.121. The monoisotopic (exact) mass is 737 g/mol. The number of hydrogen-bond acceptors (Lipinski definition) is 6. The average molecular weight is 738 g/mol. The Balaban J connectivity index is 0.00000400. The van der Waals surface area contributed by atoms with Crippen molar-refractivity contribution in [3.05, 3.63) is 108 Å². The van der Waals surface area contributed by atoms with Gasteiger partial charge in [0.05, 0.1) is 49.4 Å². The minimum atomic E-state index is -2.72. The number of halogens is 3. The third-order valence-corrected chi connectivity index (χ3v) is 10.9. The van der Waals surface area contributed by atoms with Crippen LogP contribution in [0.5, 0.6) is 0 Å². The van der Waals surface area contributed by atoms with Crippen LogP contribution in [0.2, 0.25) is 0 Å². The van der Waals surface area contributed by atoms with Gasteiger partial charge in [-0.3, -0.25) is 4.79 Å². The van der Waals surface area contributed by atoms with E-state index < -0.39 is 24.0 Å². The van der Waals surface area contributed by atoms with Crippen LogP contribution in [0.1, 0.15) is 60.0 Å². The zero-order chi connectivity index (χ0) is 35.6. The molecule has 3 aliphatic rings. The lowest BCUT2D eigenvalue weighted by Gasteiger charge is -2.31. The maximum Gasteiger partial charge on any atom is 0.407 e. The first-order chi connectivity index (χ1) is 25.2. The highest BCUT2D eigenvalue weighted by Gasteiger charge is 2.42. The normalized spacial score (nSPS) is 21.8. The summed E-state index contributed by atoms with van der Waals surface area (Å²) in [4.78, 5) is 41.7. The molecule has 13 heteroatoms. The lowest BCUT2D eigenvalue weighted by Crippen LogP contribution is -2.44. The Kier molecular flexibility index (Phi) is 8.90. The zero-order valence-corrected chi connectivity index (χ0v) is 29.7. The van der Waals surface area contributed by atoms with Crippen molar-refractivity contribution in [1.29, 1.82) is 0 Å². The predicted molar refractivity (Wildman–Crippen MR) is 199 cm³/mol. The number of Topliss-reactive ketones (excluding diaryl/α,β-unsaturated/α-hetero) is 1. The standard InChI is InChI=1S/C40H37F2N7O3.ClH/c1-52-39(51)48-30-11-10-24-12-13-49-20-29(16-34(50)35(30)36(24)49)37-43-18-32(46-37)23-4-2-22(3-5-23)25-6-7-27-15-28(9-8-26(27)14-25)33-19-44-38(47-33)31-17-40(41,42)21-45-31;/h2-9,12-15,18-19,29-31,35,45H,10-11,16-17,20-21H2,1H3,(H,43,46)(H,44,47)(H,48,51);1H/t29-,30-,31-,35?;/m0./s1. The van der Waals surface area contributed by atoms with E-state index >= 15 is 0 Å². The van der Waals surface area contributed by atoms with Gasteiger partial charge in [-0.25, -0.2) is 23.5 Å². The van der Waals surface area contributed by atoms with E-state index in [1.54, 1.807) is 6.20 Å². The Bertz CT molecular complexity index is 2330. The summed E-state index contributed by atoms with van der Waals surface area (Å²) < 4.78 is 34.4. The number of carbonyl (C=O) groups is 2. The van der Waals surface area contributed by atoms with Crippen LogP contribution in [0.3, 0.4) is 0 Å². The summed E-state index contributed by atoms with van der Waals surface area (Å²) in [5.41, 5.74) is 7.92. The van der Waals surface area contributed by atoms with E-state index in [4.69, 9.17) is 9.72 Å². The first-order valence-corrected chi connectivity index (χ1v) is 17.6. The number of alkyl halides is 2. The largest absolute Gasteiger partial charge is 0.453 e. The summed E-state index contributed by atoms with van der Waals surface area (Å²) in [6, 6.07) is 22.1. The van der Waals surface area contributed by atoms with Gasteiger partial charge in [-0.15, -0.1) is 12.4 Å². The van der Waals surface area contributed by atoms with Crippen molar-refractivity contribution in [3.63, 3.8) is 0 Å². The van der Waals surface area contributed by atoms with E-state index in [1.807, 2.05) is 12.3 Å². The van der Waals surface area contributed by atoms with Gasteiger partial charge in [-0.2, -0.15) is 0 Å². The number of aryl methyl sites for hydroxylation is 1. The van der Waals surface area contributed by atoms with Crippen LogP contribution in [0, 0.1) is 0 Å². The number of aromatic amines is 2. The molecule has 4 N–H and O–H groups in total. The molecule has 0 saturated carbocycles. The van der Waals surface area contributed by atoms with Crippen molar-refractivity contribution in [1.82, 2.24) is 35.1 Å². The minimum Gasteiger partial charge on any atom is -0.453 e. The first-order valence-electron chi connectivity index (χ1n) is 17.6. The SMILES string of the molecule is COC(=O)N[C@H]1CCc2ccn3c2C1C(=O)C[C@H](c1ncc(-c2ccc(-c4ccc5cc(-c6cnc([C@@H]7CC(F)(F)CN7)[nH]6)ccc5c4)cc2)[nH]1)C3.Cl. The number of alkyl carbamates (subject to hydrolysis) is 1. The molecule has 1 amide bonds. The number of ether oxygens (including phenoxy) is 1. The maximum absolute atomic E-state index is 13.8. The highest BCUT2D eigenvalue weighted by molar-refractivity contribution is 5.91. The van der Waals surface area contributed by atoms with E-state index in [0.717, 1.165) is 67.9 Å². The molecule has 1 unspecified atom stereocenters. The second kappa shape index (κ2) is 13.6. The number of H-pyrrole nitrogens is 2. The summed E-state index contributed by atoms with van der Waals surface area (Å²) in [5, 5.41) is 7.90. The Labute approximate surface area is 310 Å². The zero-order valence-electron chi connectivity index (χ0n) is 28.9. The molecule has 53 heavy (non-hydrogen) atoms. The molecule has 0 bridgehead atoms. The fourth-order valence-corrected chi connectivity index (χ4v) is 8.24. The van der Waals surface area contributed by atoms with Crippen LogP contribution >= 0.6 is 12.4 Å². The number of imidazole rings is 2. The highest BCUT2D eigenvalue weighted by atomic mass is 35.5. The van der Waals surface area contributed by atoms with Crippen molar-refractivity contribution >= 4 is 35.1 Å². The van der Waals surface area contributed by atoms with Crippen LogP contribution < -0.4 is 10.6 Å². The van der Waals surface area contributed by atoms with Gasteiger partial charge in [0.1, 0.15) is 17.4 Å². The molecule has 3 aromatic carbocycles. The van der Waals surface area contributed by atoms with Crippen LogP contribution in [0.15, 0.2) is 85.3 Å². The molecule has 9 rings (SSSR count). The summed E-state index contributed by atoms with van der Waals surface area (Å²) >= 11 is 0. The molecular weight excluding hydrogens is 700 g/mol. The Morgan fingerprint density at radius 2 is 1.57 bits per heavy atom. The van der Waals surface area contributed by atoms with Gasteiger partial charge in [-0.05, 0) is 64.1 Å². The number of fused-ring (bicyclic) bond motifs is 1. The van der Waals surface area contributed by atoms with E-state index in [9.17, 15) is 18.4 Å². The van der Waals surface area contributed by atoms with Gasteiger partial charge in [0.2, 0.25) is 0 Å². The Morgan fingerprint density at radius 1 is 0.906 bits per heavy atom. The second-order valence-electron chi connectivity index (χ2n) is 14.2. The van der Waals surface area contributed by atoms with E-state index in [-0.39, 0.29) is 43.1 Å². The maximum atomic E-state index is 13.8. The van der Waals surface area contributed by atoms with E-state index in [0.29, 0.717) is 25.2 Å². The van der Waals surface area contributed by atoms with Crippen LogP contribution in [0.25, 0.3) is 44.4 Å². The number of carbonyl (C=O) groups excluding carboxylic acids is 2. The number of benzene rings is 3. The van der Waals surface area contributed by atoms with Gasteiger partial charge in [0, 0.05) is 48.8 Å². The molecule has 1 saturated heterocycles. The first kappa shape index (κ1) is 34.7. The van der Waals surface area contributed by atoms with Crippen LogP contribution in [-0.4, -0.2) is 62.0 Å². The summed E-state index contributed by atoms with van der Waals surface area (Å²) in [6.45, 7) is 0.293. The molecule has 272 valence electrons. The Morgan fingerprint density at radius 3 is 2.30 bits per heavy atom. The van der Waals surface area contributed by atoms with E-state index in [1.165, 1.54) is 7.11 Å². The van der Waals surface area contributed by atoms with Crippen LogP contribution in [0.4, 0.5) is 13.6 Å². The van der Waals surface area contributed by atoms with Gasteiger partial charge in [-0.1, -0.05) is 48.5 Å². The fraction of sp³-hybridized carbons (Fsp3) is 0.300. The average Bonchev–Trinajstić information content (AvgIpc) is 3.97. The number of rotatable bonds is 6. The van der Waals surface area contributed by atoms with E-state index in [2.05, 4.69) is 97.0 Å². The molecule has 6 aromatic rings. The molecule has 2 aliphatic heterocycles. The number of nitrogens with zero attached hydrogens (tertiary/aromatic N) is 3. The molecule has 5 heterocycles. The Hall–Kier alpha value is -5.33. The second-order valence-corrected chi connectivity index (χ2v) is 14.2. The topological polar surface area (TPSA) is 130 Å². The summed E-state index contributed by atoms with van der Waals surface area (Å²) in [5.74, 6) is -1.87. The molecule has 4 atom stereocenters. The van der Waals surface area contributed by atoms with Crippen molar-refractivity contribution in [2.45, 2.75) is 62.1 Å². The number of methoxy groups -OCH3 is 1. The van der Waals surface area contributed by atoms with Gasteiger partial charge in [0.25, 0.3) is 5.92 Å². The quantitative estimate of drug-likeness (QED) is 0.139. The highest BCUT2D eigenvalue weighted by Crippen LogP contribution is 2.40. The van der Waals surface area contributed by atoms with Crippen molar-refractivity contribution in [2.75, 3.05) is 13.7 Å². The third-order valence-electron chi connectivity index (χ3n) is 10.9. The van der Waals surface area contributed by atoms with Gasteiger partial charge >= 0.3 is 6.09 Å². The van der Waals surface area contributed by atoms with Gasteiger partial charge in [0.15, 0.2) is 0 Å². The third kappa shape index (κ3) is 6.50. The fourth-order valence-electron chi connectivity index (χ4n) is 8.24. The van der Waals surface area contributed by atoms with Crippen molar-refractivity contribution in [2.24, 2.45) is 0 Å². The molecule has 0 spiro atoms.